The molecule has 0 fully saturated rings. The number of rotatable bonds is 2. The monoisotopic (exact) mass is 291 g/mol. The lowest BCUT2D eigenvalue weighted by Crippen LogP contribution is -2.13. The van der Waals surface area contributed by atoms with Crippen LogP contribution in [0.25, 0.3) is 0 Å². The number of anilines is 1. The fraction of sp³-hybridized carbons (Fsp3) is 0.0833. The van der Waals surface area contributed by atoms with Gasteiger partial charge in [0.05, 0.1) is 0 Å². The largest absolute Gasteiger partial charge is 0.321 e. The molecule has 5 heteroatoms. The van der Waals surface area contributed by atoms with Crippen LogP contribution in [0.1, 0.15) is 16.1 Å². The Kier molecular flexibility index (Phi) is 3.49. The molecule has 0 aliphatic carbocycles. The molecule has 0 saturated carbocycles. The van der Waals surface area contributed by atoms with Crippen LogP contribution in [-0.4, -0.2) is 15.9 Å². The van der Waals surface area contributed by atoms with Gasteiger partial charge in [0.25, 0.3) is 5.91 Å². The van der Waals surface area contributed by atoms with E-state index in [1.165, 1.54) is 12.5 Å². The van der Waals surface area contributed by atoms with Gasteiger partial charge in [0.15, 0.2) is 0 Å². The van der Waals surface area contributed by atoms with Crippen molar-refractivity contribution in [1.29, 1.82) is 0 Å². The quantitative estimate of drug-likeness (QED) is 0.926. The maximum atomic E-state index is 11.8. The van der Waals surface area contributed by atoms with E-state index in [-0.39, 0.29) is 5.91 Å². The van der Waals surface area contributed by atoms with Crippen LogP contribution >= 0.6 is 15.9 Å². The van der Waals surface area contributed by atoms with E-state index >= 15 is 0 Å². The Morgan fingerprint density at radius 2 is 2.18 bits per heavy atom. The Morgan fingerprint density at radius 3 is 2.82 bits per heavy atom. The Bertz CT molecular complexity index is 543. The Labute approximate surface area is 107 Å². The second kappa shape index (κ2) is 5.05. The topological polar surface area (TPSA) is 54.9 Å². The maximum absolute atomic E-state index is 11.8. The van der Waals surface area contributed by atoms with Gasteiger partial charge < -0.3 is 5.32 Å². The third-order valence-electron chi connectivity index (χ3n) is 2.23. The van der Waals surface area contributed by atoms with E-state index in [0.29, 0.717) is 5.69 Å². The summed E-state index contributed by atoms with van der Waals surface area (Å²) in [4.78, 5) is 19.4. The first-order chi connectivity index (χ1) is 8.16. The number of amides is 1. The average molecular weight is 292 g/mol. The number of nitrogens with one attached hydrogen (secondary N) is 1. The van der Waals surface area contributed by atoms with E-state index in [1.54, 1.807) is 6.07 Å². The van der Waals surface area contributed by atoms with Crippen LogP contribution in [0.15, 0.2) is 41.3 Å². The number of nitrogens with zero attached hydrogens (tertiary/aromatic N) is 2. The molecule has 1 heterocycles. The average Bonchev–Trinajstić information content (AvgIpc) is 2.35. The molecule has 17 heavy (non-hydrogen) atoms. The number of carbonyl (C=O) groups excluding carboxylic acids is 1. The second-order valence-electron chi connectivity index (χ2n) is 3.51. The van der Waals surface area contributed by atoms with Gasteiger partial charge in [-0.1, -0.05) is 15.9 Å². The fourth-order valence-electron chi connectivity index (χ4n) is 1.34. The zero-order valence-electron chi connectivity index (χ0n) is 9.14. The summed E-state index contributed by atoms with van der Waals surface area (Å²) in [5.74, 6) is -0.242. The van der Waals surface area contributed by atoms with Crippen molar-refractivity contribution < 1.29 is 4.79 Å². The van der Waals surface area contributed by atoms with Crippen molar-refractivity contribution in [3.8, 4) is 0 Å². The standard InChI is InChI=1S/C12H10BrN3O/c1-8-6-9(2-3-10(8)13)16-12(17)11-4-5-14-7-15-11/h2-7H,1H3,(H,16,17). The summed E-state index contributed by atoms with van der Waals surface area (Å²) in [5, 5.41) is 2.78. The fourth-order valence-corrected chi connectivity index (χ4v) is 1.59. The molecule has 0 aliphatic heterocycles. The smallest absolute Gasteiger partial charge is 0.274 e. The van der Waals surface area contributed by atoms with Crippen molar-refractivity contribution in [2.75, 3.05) is 5.32 Å². The first kappa shape index (κ1) is 11.7. The van der Waals surface area contributed by atoms with Crippen molar-refractivity contribution in [3.05, 3.63) is 52.5 Å². The van der Waals surface area contributed by atoms with Crippen molar-refractivity contribution in [3.63, 3.8) is 0 Å². The van der Waals surface area contributed by atoms with Crippen LogP contribution in [0.5, 0.6) is 0 Å². The summed E-state index contributed by atoms with van der Waals surface area (Å²) in [5.41, 5.74) is 2.15. The Balaban J connectivity index is 2.16. The minimum absolute atomic E-state index is 0.242. The molecule has 0 spiro atoms. The number of carbonyl (C=O) groups is 1. The zero-order chi connectivity index (χ0) is 12.3. The lowest BCUT2D eigenvalue weighted by atomic mass is 10.2. The molecule has 4 nitrogen and oxygen atoms in total. The molecule has 0 aliphatic rings. The molecule has 0 unspecified atom stereocenters. The highest BCUT2D eigenvalue weighted by atomic mass is 79.9. The minimum atomic E-state index is -0.242. The molecule has 86 valence electrons. The number of aromatic nitrogens is 2. The van der Waals surface area contributed by atoms with Gasteiger partial charge in [-0.15, -0.1) is 0 Å². The van der Waals surface area contributed by atoms with Gasteiger partial charge in [0, 0.05) is 16.4 Å². The van der Waals surface area contributed by atoms with Crippen LogP contribution in [0, 0.1) is 6.92 Å². The van der Waals surface area contributed by atoms with E-state index in [1.807, 2.05) is 25.1 Å². The van der Waals surface area contributed by atoms with E-state index in [9.17, 15) is 4.79 Å². The molecule has 2 rings (SSSR count). The summed E-state index contributed by atoms with van der Waals surface area (Å²) < 4.78 is 1.01. The van der Waals surface area contributed by atoms with E-state index < -0.39 is 0 Å². The predicted molar refractivity (Wildman–Crippen MR) is 68.9 cm³/mol. The predicted octanol–water partition coefficient (Wildman–Crippen LogP) is 2.80. The SMILES string of the molecule is Cc1cc(NC(=O)c2ccncn2)ccc1Br. The first-order valence-corrected chi connectivity index (χ1v) is 5.79. The zero-order valence-corrected chi connectivity index (χ0v) is 10.7. The van der Waals surface area contributed by atoms with Crippen molar-refractivity contribution in [2.45, 2.75) is 6.92 Å². The van der Waals surface area contributed by atoms with Crippen LogP contribution in [0.2, 0.25) is 0 Å². The van der Waals surface area contributed by atoms with Gasteiger partial charge in [-0.25, -0.2) is 9.97 Å². The lowest BCUT2D eigenvalue weighted by molar-refractivity contribution is 0.102. The third kappa shape index (κ3) is 2.88. The molecule has 0 bridgehead atoms. The van der Waals surface area contributed by atoms with E-state index in [4.69, 9.17) is 0 Å². The van der Waals surface area contributed by atoms with Gasteiger partial charge in [0.2, 0.25) is 0 Å². The molecule has 1 aromatic heterocycles. The summed E-state index contributed by atoms with van der Waals surface area (Å²) in [7, 11) is 0. The highest BCUT2D eigenvalue weighted by Crippen LogP contribution is 2.20. The molecular weight excluding hydrogens is 282 g/mol. The Hall–Kier alpha value is -1.75. The number of hydrogen-bond donors (Lipinski definition) is 1. The number of halogens is 1. The van der Waals surface area contributed by atoms with Crippen molar-refractivity contribution in [2.24, 2.45) is 0 Å². The van der Waals surface area contributed by atoms with Crippen LogP contribution in [0.4, 0.5) is 5.69 Å². The van der Waals surface area contributed by atoms with Crippen molar-refractivity contribution >= 4 is 27.5 Å². The van der Waals surface area contributed by atoms with Gasteiger partial charge in [0.1, 0.15) is 12.0 Å². The lowest BCUT2D eigenvalue weighted by Gasteiger charge is -2.06. The van der Waals surface area contributed by atoms with Gasteiger partial charge >= 0.3 is 0 Å². The summed E-state index contributed by atoms with van der Waals surface area (Å²) in [6.45, 7) is 1.96. The Morgan fingerprint density at radius 1 is 1.35 bits per heavy atom. The van der Waals surface area contributed by atoms with E-state index in [0.717, 1.165) is 15.7 Å². The van der Waals surface area contributed by atoms with Gasteiger partial charge in [-0.3, -0.25) is 4.79 Å². The number of benzene rings is 1. The molecule has 1 aromatic carbocycles. The first-order valence-electron chi connectivity index (χ1n) is 5.00. The minimum Gasteiger partial charge on any atom is -0.321 e. The van der Waals surface area contributed by atoms with Gasteiger partial charge in [-0.2, -0.15) is 0 Å². The molecule has 0 atom stereocenters. The highest BCUT2D eigenvalue weighted by Gasteiger charge is 2.07. The van der Waals surface area contributed by atoms with Crippen LogP contribution in [0.3, 0.4) is 0 Å². The maximum Gasteiger partial charge on any atom is 0.274 e. The summed E-state index contributed by atoms with van der Waals surface area (Å²) in [6.07, 6.45) is 2.89. The molecule has 1 amide bonds. The highest BCUT2D eigenvalue weighted by molar-refractivity contribution is 9.10. The second-order valence-corrected chi connectivity index (χ2v) is 4.37. The van der Waals surface area contributed by atoms with Gasteiger partial charge in [-0.05, 0) is 36.8 Å². The molecule has 0 saturated heterocycles. The van der Waals surface area contributed by atoms with Crippen LogP contribution < -0.4 is 5.32 Å². The summed E-state index contributed by atoms with van der Waals surface area (Å²) >= 11 is 3.41. The molecule has 0 radical (unpaired) electrons. The van der Waals surface area contributed by atoms with E-state index in [2.05, 4.69) is 31.2 Å². The number of hydrogen-bond acceptors (Lipinski definition) is 3. The molecular formula is C12H10BrN3O. The number of aryl methyl sites for hydroxylation is 1. The molecule has 2 aromatic rings. The van der Waals surface area contributed by atoms with Crippen molar-refractivity contribution in [1.82, 2.24) is 9.97 Å². The normalized spacial score (nSPS) is 10.0. The molecule has 1 N–H and O–H groups in total. The van der Waals surface area contributed by atoms with Crippen LogP contribution in [-0.2, 0) is 0 Å². The third-order valence-corrected chi connectivity index (χ3v) is 3.12. The summed E-state index contributed by atoms with van der Waals surface area (Å²) in [6, 6.07) is 7.19.